The predicted molar refractivity (Wildman–Crippen MR) is 139 cm³/mol. The number of nitrogens with two attached hydrogens (primary N) is 1. The van der Waals surface area contributed by atoms with Gasteiger partial charge in [0.05, 0.1) is 32.1 Å². The van der Waals surface area contributed by atoms with Gasteiger partial charge in [0.1, 0.15) is 23.3 Å². The first-order chi connectivity index (χ1) is 17.0. The van der Waals surface area contributed by atoms with Crippen molar-refractivity contribution in [3.8, 4) is 17.2 Å². The number of anilines is 1. The average molecular weight is 478 g/mol. The Labute approximate surface area is 207 Å². The first-order valence-electron chi connectivity index (χ1n) is 12.3. The summed E-state index contributed by atoms with van der Waals surface area (Å²) in [4.78, 5) is 9.78. The monoisotopic (exact) mass is 477 g/mol. The third kappa shape index (κ3) is 4.50. The van der Waals surface area contributed by atoms with Crippen LogP contribution >= 0.6 is 0 Å². The molecule has 2 aromatic rings. The van der Waals surface area contributed by atoms with E-state index in [0.717, 1.165) is 55.0 Å². The van der Waals surface area contributed by atoms with Gasteiger partial charge in [-0.05, 0) is 37.1 Å². The lowest BCUT2D eigenvalue weighted by Gasteiger charge is -2.38. The van der Waals surface area contributed by atoms with Crippen LogP contribution in [0.25, 0.3) is 5.70 Å². The van der Waals surface area contributed by atoms with Crippen molar-refractivity contribution in [3.05, 3.63) is 53.1 Å². The summed E-state index contributed by atoms with van der Waals surface area (Å²) in [5.74, 6) is 2.45. The quantitative estimate of drug-likeness (QED) is 0.683. The molecule has 35 heavy (non-hydrogen) atoms. The molecule has 0 radical (unpaired) electrons. The molecular formula is C27H35N5O3. The Morgan fingerprint density at radius 3 is 2.46 bits per heavy atom. The topological polar surface area (TPSA) is 84.6 Å². The highest BCUT2D eigenvalue weighted by molar-refractivity contribution is 5.94. The number of aliphatic imine (C=N–C) groups is 1. The molecule has 0 amide bonds. The number of rotatable bonds is 5. The maximum absolute atomic E-state index is 6.29. The number of hydrogen-bond donors (Lipinski definition) is 2. The number of benzene rings is 2. The second kappa shape index (κ2) is 9.70. The van der Waals surface area contributed by atoms with Gasteiger partial charge in [0.2, 0.25) is 0 Å². The van der Waals surface area contributed by atoms with Crippen molar-refractivity contribution in [2.45, 2.75) is 32.4 Å². The first-order valence-corrected chi connectivity index (χ1v) is 12.3. The summed E-state index contributed by atoms with van der Waals surface area (Å²) < 4.78 is 17.3. The molecule has 1 atom stereocenters. The third-order valence-electron chi connectivity index (χ3n) is 7.17. The van der Waals surface area contributed by atoms with Crippen molar-refractivity contribution >= 4 is 17.3 Å². The Morgan fingerprint density at radius 1 is 1.06 bits per heavy atom. The minimum atomic E-state index is -0.181. The van der Waals surface area contributed by atoms with Crippen LogP contribution in [0.15, 0.2) is 47.0 Å². The Kier molecular flexibility index (Phi) is 6.47. The zero-order valence-corrected chi connectivity index (χ0v) is 21.0. The van der Waals surface area contributed by atoms with E-state index in [1.165, 1.54) is 5.69 Å². The van der Waals surface area contributed by atoms with Gasteiger partial charge in [0.25, 0.3) is 0 Å². The fourth-order valence-electron chi connectivity index (χ4n) is 5.19. The summed E-state index contributed by atoms with van der Waals surface area (Å²) in [6, 6.07) is 12.9. The third-order valence-corrected chi connectivity index (χ3v) is 7.17. The standard InChI is InChI=1S/C27H35N5O3/c1-17(2)31-10-12-32(13-11-31)19-7-5-18(6-8-19)25-21-9-14-35-23-16-20(33-3)15-22(34-4)24(23)26(21)30-27(28)29-25/h5-8,15-17,25H,9-14H2,1-4H3,(H3,28,29,30). The van der Waals surface area contributed by atoms with Crippen LogP contribution in [0.3, 0.4) is 0 Å². The first kappa shape index (κ1) is 23.4. The van der Waals surface area contributed by atoms with Crippen molar-refractivity contribution in [2.75, 3.05) is 51.9 Å². The van der Waals surface area contributed by atoms with E-state index < -0.39 is 0 Å². The Bertz CT molecular complexity index is 1130. The highest BCUT2D eigenvalue weighted by Crippen LogP contribution is 2.45. The van der Waals surface area contributed by atoms with E-state index in [0.29, 0.717) is 35.9 Å². The lowest BCUT2D eigenvalue weighted by Crippen LogP contribution is -2.48. The zero-order valence-electron chi connectivity index (χ0n) is 21.0. The number of hydrogen-bond acceptors (Lipinski definition) is 8. The summed E-state index contributed by atoms with van der Waals surface area (Å²) in [5.41, 5.74) is 11.6. The minimum absolute atomic E-state index is 0.181. The Morgan fingerprint density at radius 2 is 1.80 bits per heavy atom. The lowest BCUT2D eigenvalue weighted by molar-refractivity contribution is 0.209. The van der Waals surface area contributed by atoms with Gasteiger partial charge < -0.3 is 30.2 Å². The summed E-state index contributed by atoms with van der Waals surface area (Å²) in [7, 11) is 3.29. The molecule has 3 heterocycles. The number of nitrogens with one attached hydrogen (secondary N) is 1. The maximum Gasteiger partial charge on any atom is 0.194 e. The second-order valence-corrected chi connectivity index (χ2v) is 9.45. The number of piperazine rings is 1. The molecule has 5 rings (SSSR count). The molecule has 3 N–H and O–H groups in total. The van der Waals surface area contributed by atoms with E-state index in [1.54, 1.807) is 14.2 Å². The van der Waals surface area contributed by atoms with Gasteiger partial charge in [-0.3, -0.25) is 4.90 Å². The predicted octanol–water partition coefficient (Wildman–Crippen LogP) is 3.39. The molecule has 8 nitrogen and oxygen atoms in total. The van der Waals surface area contributed by atoms with E-state index >= 15 is 0 Å². The SMILES string of the molecule is COc1cc(OC)c2c(c1)OCCC1=C2NC(N)=NC1c1ccc(N2CCN(C(C)C)CC2)cc1. The van der Waals surface area contributed by atoms with Gasteiger partial charge in [-0.2, -0.15) is 0 Å². The van der Waals surface area contributed by atoms with Crippen molar-refractivity contribution in [1.29, 1.82) is 0 Å². The summed E-state index contributed by atoms with van der Waals surface area (Å²) in [6.45, 7) is 9.34. The Hall–Kier alpha value is -3.39. The molecule has 0 aliphatic carbocycles. The second-order valence-electron chi connectivity index (χ2n) is 9.45. The van der Waals surface area contributed by atoms with Crippen molar-refractivity contribution < 1.29 is 14.2 Å². The number of ether oxygens (including phenoxy) is 3. The molecule has 2 aromatic carbocycles. The normalized spacial score (nSPS) is 20.3. The smallest absolute Gasteiger partial charge is 0.194 e. The molecule has 0 aromatic heterocycles. The molecule has 1 saturated heterocycles. The number of nitrogens with zero attached hydrogens (tertiary/aromatic N) is 3. The fourth-order valence-corrected chi connectivity index (χ4v) is 5.19. The summed E-state index contributed by atoms with van der Waals surface area (Å²) in [6.07, 6.45) is 0.725. The van der Waals surface area contributed by atoms with Crippen LogP contribution < -0.4 is 30.2 Å². The van der Waals surface area contributed by atoms with Crippen LogP contribution in [-0.4, -0.2) is 63.9 Å². The average Bonchev–Trinajstić information content (AvgIpc) is 3.07. The molecule has 3 aliphatic heterocycles. The molecule has 0 spiro atoms. The number of fused-ring (bicyclic) bond motifs is 2. The zero-order chi connectivity index (χ0) is 24.5. The molecule has 0 saturated carbocycles. The summed E-state index contributed by atoms with van der Waals surface area (Å²) in [5, 5.41) is 3.30. The fraction of sp³-hybridized carbons (Fsp3) is 0.444. The van der Waals surface area contributed by atoms with E-state index in [9.17, 15) is 0 Å². The van der Waals surface area contributed by atoms with Crippen LogP contribution in [0.1, 0.15) is 37.4 Å². The molecule has 186 valence electrons. The largest absolute Gasteiger partial charge is 0.496 e. The van der Waals surface area contributed by atoms with Crippen LogP contribution in [0.5, 0.6) is 17.2 Å². The molecule has 1 fully saturated rings. The highest BCUT2D eigenvalue weighted by Gasteiger charge is 2.32. The van der Waals surface area contributed by atoms with E-state index in [4.69, 9.17) is 24.9 Å². The van der Waals surface area contributed by atoms with Crippen molar-refractivity contribution in [2.24, 2.45) is 10.7 Å². The van der Waals surface area contributed by atoms with E-state index in [1.807, 2.05) is 12.1 Å². The minimum Gasteiger partial charge on any atom is -0.496 e. The molecule has 8 heteroatoms. The van der Waals surface area contributed by atoms with Crippen LogP contribution in [0.2, 0.25) is 0 Å². The van der Waals surface area contributed by atoms with Gasteiger partial charge in [0.15, 0.2) is 5.96 Å². The summed E-state index contributed by atoms with van der Waals surface area (Å²) >= 11 is 0. The van der Waals surface area contributed by atoms with Crippen molar-refractivity contribution in [3.63, 3.8) is 0 Å². The van der Waals surface area contributed by atoms with E-state index in [2.05, 4.69) is 53.2 Å². The molecule has 3 aliphatic rings. The van der Waals surface area contributed by atoms with Gasteiger partial charge in [-0.1, -0.05) is 12.1 Å². The maximum atomic E-state index is 6.29. The molecule has 1 unspecified atom stereocenters. The van der Waals surface area contributed by atoms with Crippen LogP contribution in [0, 0.1) is 0 Å². The highest BCUT2D eigenvalue weighted by atomic mass is 16.5. The van der Waals surface area contributed by atoms with Crippen LogP contribution in [0.4, 0.5) is 5.69 Å². The van der Waals surface area contributed by atoms with Gasteiger partial charge in [-0.25, -0.2) is 4.99 Å². The Balaban J connectivity index is 1.46. The number of guanidine groups is 1. The van der Waals surface area contributed by atoms with E-state index in [-0.39, 0.29) is 6.04 Å². The molecule has 0 bridgehead atoms. The molecular weight excluding hydrogens is 442 g/mol. The number of methoxy groups -OCH3 is 2. The van der Waals surface area contributed by atoms with Gasteiger partial charge in [0, 0.05) is 56.5 Å². The van der Waals surface area contributed by atoms with Gasteiger partial charge in [-0.15, -0.1) is 0 Å². The van der Waals surface area contributed by atoms with Crippen molar-refractivity contribution in [1.82, 2.24) is 10.2 Å². The lowest BCUT2D eigenvalue weighted by atomic mass is 9.91. The van der Waals surface area contributed by atoms with Crippen LogP contribution in [-0.2, 0) is 0 Å². The van der Waals surface area contributed by atoms with Gasteiger partial charge >= 0.3 is 0 Å².